The number of nitrogens with one attached hydrogen (secondary N) is 2. The van der Waals surface area contributed by atoms with E-state index < -0.39 is 6.04 Å². The van der Waals surface area contributed by atoms with Crippen LogP contribution in [-0.4, -0.2) is 35.6 Å². The summed E-state index contributed by atoms with van der Waals surface area (Å²) in [6.07, 6.45) is 1.46. The maximum Gasteiger partial charge on any atom is 0.249 e. The molecule has 0 fully saturated rings. The number of amides is 1. The number of rotatable bonds is 2. The van der Waals surface area contributed by atoms with Gasteiger partial charge in [0.1, 0.15) is 11.7 Å². The van der Waals surface area contributed by atoms with Crippen LogP contribution < -0.4 is 10.6 Å². The van der Waals surface area contributed by atoms with Crippen LogP contribution in [0.25, 0.3) is 0 Å². The Hall–Kier alpha value is -1.40. The van der Waals surface area contributed by atoms with Crippen LogP contribution in [0.5, 0.6) is 0 Å². The van der Waals surface area contributed by atoms with E-state index >= 15 is 0 Å². The highest BCUT2D eigenvalue weighted by molar-refractivity contribution is 6.28. The van der Waals surface area contributed by atoms with E-state index in [0.29, 0.717) is 11.5 Å². The van der Waals surface area contributed by atoms with Gasteiger partial charge in [-0.1, -0.05) is 0 Å². The van der Waals surface area contributed by atoms with E-state index in [1.807, 2.05) is 0 Å². The molecule has 6 nitrogen and oxygen atoms in total. The summed E-state index contributed by atoms with van der Waals surface area (Å²) in [5, 5.41) is 5.71. The Kier molecular flexibility index (Phi) is 2.70. The van der Waals surface area contributed by atoms with Crippen molar-refractivity contribution >= 4 is 29.0 Å². The first kappa shape index (κ1) is 10.1. The number of hydrogen-bond donors (Lipinski definition) is 2. The summed E-state index contributed by atoms with van der Waals surface area (Å²) in [7, 11) is 1.53. The Morgan fingerprint density at radius 3 is 3.20 bits per heavy atom. The van der Waals surface area contributed by atoms with Crippen LogP contribution in [0, 0.1) is 0 Å². The third-order valence-corrected chi connectivity index (χ3v) is 2.16. The zero-order valence-electron chi connectivity index (χ0n) is 7.95. The predicted octanol–water partition coefficient (Wildman–Crippen LogP) is 0.509. The molecule has 0 saturated heterocycles. The van der Waals surface area contributed by atoms with Crippen LogP contribution in [0.15, 0.2) is 6.20 Å². The fourth-order valence-electron chi connectivity index (χ4n) is 1.30. The summed E-state index contributed by atoms with van der Waals surface area (Å²) in [5.74, 6) is 0.340. The van der Waals surface area contributed by atoms with Crippen molar-refractivity contribution in [2.45, 2.75) is 6.04 Å². The first-order valence-electron chi connectivity index (χ1n) is 4.29. The smallest absolute Gasteiger partial charge is 0.249 e. The second-order valence-electron chi connectivity index (χ2n) is 3.04. The number of carbonyl (C=O) groups excluding carboxylic acids is 1. The molecule has 0 spiro atoms. The highest BCUT2D eigenvalue weighted by Gasteiger charge is 2.26. The van der Waals surface area contributed by atoms with Crippen molar-refractivity contribution in [3.05, 3.63) is 11.5 Å². The Bertz CT molecular complexity index is 398. The van der Waals surface area contributed by atoms with Crippen LogP contribution >= 0.6 is 11.6 Å². The quantitative estimate of drug-likeness (QED) is 0.722. The van der Waals surface area contributed by atoms with E-state index in [2.05, 4.69) is 20.6 Å². The molecule has 0 saturated carbocycles. The molecule has 2 N–H and O–H groups in total. The second-order valence-corrected chi connectivity index (χ2v) is 3.38. The van der Waals surface area contributed by atoms with Gasteiger partial charge >= 0.3 is 0 Å². The molecule has 2 rings (SSSR count). The fraction of sp³-hybridized carbons (Fsp3) is 0.375. The second kappa shape index (κ2) is 4.00. The topological polar surface area (TPSA) is 76.1 Å². The molecule has 1 atom stereocenters. The van der Waals surface area contributed by atoms with E-state index in [1.165, 1.54) is 13.3 Å². The summed E-state index contributed by atoms with van der Waals surface area (Å²) in [4.78, 5) is 19.2. The third kappa shape index (κ3) is 2.00. The van der Waals surface area contributed by atoms with E-state index in [0.717, 1.165) is 0 Å². The van der Waals surface area contributed by atoms with Crippen molar-refractivity contribution in [3.63, 3.8) is 0 Å². The van der Waals surface area contributed by atoms with Gasteiger partial charge in [-0.05, 0) is 11.6 Å². The normalized spacial score (nSPS) is 19.1. The molecule has 0 aliphatic carbocycles. The molecule has 1 aromatic rings. The van der Waals surface area contributed by atoms with Gasteiger partial charge in [0, 0.05) is 7.11 Å². The van der Waals surface area contributed by atoms with Gasteiger partial charge in [0.15, 0.2) is 5.82 Å². The van der Waals surface area contributed by atoms with Crippen LogP contribution in [0.1, 0.15) is 0 Å². The summed E-state index contributed by atoms with van der Waals surface area (Å²) < 4.78 is 4.90. The van der Waals surface area contributed by atoms with Crippen LogP contribution in [0.4, 0.5) is 11.5 Å². The Balaban J connectivity index is 2.26. The summed E-state index contributed by atoms with van der Waals surface area (Å²) in [5.41, 5.74) is 0.525. The first-order chi connectivity index (χ1) is 7.20. The lowest BCUT2D eigenvalue weighted by atomic mass is 10.2. The van der Waals surface area contributed by atoms with Gasteiger partial charge in [-0.15, -0.1) is 0 Å². The number of aromatic nitrogens is 2. The molecule has 80 valence electrons. The van der Waals surface area contributed by atoms with E-state index in [-0.39, 0.29) is 17.8 Å². The summed E-state index contributed by atoms with van der Waals surface area (Å²) in [6.45, 7) is 0.271. The molecule has 0 aromatic carbocycles. The number of ether oxygens (including phenoxy) is 1. The lowest BCUT2D eigenvalue weighted by molar-refractivity contribution is -0.118. The van der Waals surface area contributed by atoms with Crippen molar-refractivity contribution < 1.29 is 9.53 Å². The molecule has 0 bridgehead atoms. The minimum atomic E-state index is -0.450. The van der Waals surface area contributed by atoms with Crippen LogP contribution in [0.3, 0.4) is 0 Å². The lowest BCUT2D eigenvalue weighted by Crippen LogP contribution is -2.42. The van der Waals surface area contributed by atoms with Gasteiger partial charge < -0.3 is 15.4 Å². The average molecular weight is 229 g/mol. The molecule has 1 aromatic heterocycles. The maximum atomic E-state index is 11.5. The molecule has 1 unspecified atom stereocenters. The Morgan fingerprint density at radius 1 is 1.67 bits per heavy atom. The molecule has 1 aliphatic rings. The fourth-order valence-corrected chi connectivity index (χ4v) is 1.43. The first-order valence-corrected chi connectivity index (χ1v) is 4.67. The highest BCUT2D eigenvalue weighted by Crippen LogP contribution is 2.24. The van der Waals surface area contributed by atoms with Crippen molar-refractivity contribution in [3.8, 4) is 0 Å². The summed E-state index contributed by atoms with van der Waals surface area (Å²) in [6, 6.07) is -0.450. The van der Waals surface area contributed by atoms with Crippen LogP contribution in [0.2, 0.25) is 5.28 Å². The van der Waals surface area contributed by atoms with Crippen LogP contribution in [-0.2, 0) is 9.53 Å². The molecule has 7 heteroatoms. The minimum absolute atomic E-state index is 0.133. The number of halogens is 1. The van der Waals surface area contributed by atoms with Crippen molar-refractivity contribution in [1.82, 2.24) is 9.97 Å². The van der Waals surface area contributed by atoms with Gasteiger partial charge in [-0.25, -0.2) is 4.98 Å². The number of anilines is 2. The van der Waals surface area contributed by atoms with Gasteiger partial charge in [-0.2, -0.15) is 4.98 Å². The third-order valence-electron chi connectivity index (χ3n) is 1.98. The predicted molar refractivity (Wildman–Crippen MR) is 55.0 cm³/mol. The largest absolute Gasteiger partial charge is 0.382 e. The zero-order valence-corrected chi connectivity index (χ0v) is 8.71. The van der Waals surface area contributed by atoms with Gasteiger partial charge in [0.05, 0.1) is 12.8 Å². The Morgan fingerprint density at radius 2 is 2.47 bits per heavy atom. The monoisotopic (exact) mass is 228 g/mol. The molecule has 2 heterocycles. The summed E-state index contributed by atoms with van der Waals surface area (Å²) >= 11 is 5.63. The highest BCUT2D eigenvalue weighted by atomic mass is 35.5. The standard InChI is InChI=1S/C8H9ClN4O2/c1-15-3-5-7(14)12-4-2-10-8(9)13-6(4)11-5/h2,5H,3H2,1H3,(H,12,14)(H,10,11,13). The van der Waals surface area contributed by atoms with Crippen molar-refractivity contribution in [2.75, 3.05) is 24.4 Å². The average Bonchev–Trinajstić information content (AvgIpc) is 2.20. The van der Waals surface area contributed by atoms with Gasteiger partial charge in [0.2, 0.25) is 11.2 Å². The Labute approximate surface area is 91.0 Å². The SMILES string of the molecule is COCC1Nc2nc(Cl)ncc2NC1=O. The molecule has 0 radical (unpaired) electrons. The van der Waals surface area contributed by atoms with Gasteiger partial charge in [-0.3, -0.25) is 4.79 Å². The molecular weight excluding hydrogens is 220 g/mol. The van der Waals surface area contributed by atoms with Gasteiger partial charge in [0.25, 0.3) is 0 Å². The number of fused-ring (bicyclic) bond motifs is 1. The van der Waals surface area contributed by atoms with Crippen molar-refractivity contribution in [2.24, 2.45) is 0 Å². The molecule has 1 aliphatic heterocycles. The molecule has 1 amide bonds. The number of methoxy groups -OCH3 is 1. The maximum absolute atomic E-state index is 11.5. The van der Waals surface area contributed by atoms with E-state index in [9.17, 15) is 4.79 Å². The van der Waals surface area contributed by atoms with E-state index in [1.54, 1.807) is 0 Å². The minimum Gasteiger partial charge on any atom is -0.382 e. The number of nitrogens with zero attached hydrogens (tertiary/aromatic N) is 2. The molecular formula is C8H9ClN4O2. The zero-order chi connectivity index (χ0) is 10.8. The number of hydrogen-bond acceptors (Lipinski definition) is 5. The molecule has 15 heavy (non-hydrogen) atoms. The number of carbonyl (C=O) groups is 1. The van der Waals surface area contributed by atoms with Crippen molar-refractivity contribution in [1.29, 1.82) is 0 Å². The lowest BCUT2D eigenvalue weighted by Gasteiger charge is -2.24. The van der Waals surface area contributed by atoms with E-state index in [4.69, 9.17) is 16.3 Å².